The summed E-state index contributed by atoms with van der Waals surface area (Å²) in [4.78, 5) is 36.7. The van der Waals surface area contributed by atoms with E-state index in [9.17, 15) is 14.4 Å². The first kappa shape index (κ1) is 20.0. The molecule has 0 atom stereocenters. The van der Waals surface area contributed by atoms with Crippen molar-refractivity contribution in [2.75, 3.05) is 10.6 Å². The predicted octanol–water partition coefficient (Wildman–Crippen LogP) is 3.14. The molecule has 0 aliphatic rings. The van der Waals surface area contributed by atoms with E-state index in [-0.39, 0.29) is 30.1 Å². The van der Waals surface area contributed by atoms with E-state index in [0.29, 0.717) is 5.69 Å². The molecule has 0 bridgehead atoms. The highest BCUT2D eigenvalue weighted by atomic mass is 16.2. The second-order valence-corrected chi connectivity index (χ2v) is 6.72. The highest BCUT2D eigenvalue weighted by molar-refractivity contribution is 6.02. The third-order valence-electron chi connectivity index (χ3n) is 4.35. The van der Waals surface area contributed by atoms with Crippen molar-refractivity contribution in [1.82, 2.24) is 9.78 Å². The molecule has 0 aliphatic heterocycles. The zero-order chi connectivity index (χ0) is 20.8. The average Bonchev–Trinajstić information content (AvgIpc) is 2.69. The molecule has 3 rings (SSSR count). The fourth-order valence-corrected chi connectivity index (χ4v) is 2.78. The normalized spacial score (nSPS) is 10.4. The molecule has 0 radical (unpaired) electrons. The van der Waals surface area contributed by atoms with E-state index in [4.69, 9.17) is 0 Å². The van der Waals surface area contributed by atoms with Gasteiger partial charge >= 0.3 is 0 Å². The maximum absolute atomic E-state index is 12.4. The van der Waals surface area contributed by atoms with Gasteiger partial charge in [-0.15, -0.1) is 0 Å². The van der Waals surface area contributed by atoms with Crippen molar-refractivity contribution in [3.63, 3.8) is 0 Å². The molecule has 0 fully saturated rings. The zero-order valence-corrected chi connectivity index (χ0v) is 16.3. The molecule has 1 aromatic heterocycles. The summed E-state index contributed by atoms with van der Waals surface area (Å²) in [5, 5.41) is 9.67. The number of aromatic nitrogens is 2. The minimum absolute atomic E-state index is 0.0597. The Labute approximate surface area is 168 Å². The number of aryl methyl sites for hydroxylation is 3. The number of benzene rings is 2. The molecule has 7 nitrogen and oxygen atoms in total. The van der Waals surface area contributed by atoms with Crippen LogP contribution in [-0.2, 0) is 11.3 Å². The van der Waals surface area contributed by atoms with E-state index in [1.165, 1.54) is 12.1 Å². The summed E-state index contributed by atoms with van der Waals surface area (Å²) in [5.74, 6) is -0.656. The lowest BCUT2D eigenvalue weighted by molar-refractivity contribution is -0.116. The van der Waals surface area contributed by atoms with Crippen LogP contribution in [0.2, 0.25) is 0 Å². The van der Waals surface area contributed by atoms with E-state index in [0.717, 1.165) is 21.5 Å². The molecule has 0 unspecified atom stereocenters. The van der Waals surface area contributed by atoms with Crippen LogP contribution in [0.5, 0.6) is 0 Å². The Kier molecular flexibility index (Phi) is 6.19. The number of nitrogens with zero attached hydrogens (tertiary/aromatic N) is 2. The Morgan fingerprint density at radius 3 is 2.52 bits per heavy atom. The second-order valence-electron chi connectivity index (χ2n) is 6.72. The number of para-hydroxylation sites is 1. The van der Waals surface area contributed by atoms with Crippen LogP contribution in [0.3, 0.4) is 0 Å². The van der Waals surface area contributed by atoms with E-state index >= 15 is 0 Å². The number of anilines is 2. The van der Waals surface area contributed by atoms with Gasteiger partial charge in [0.05, 0.1) is 6.54 Å². The first-order chi connectivity index (χ1) is 13.9. The fraction of sp³-hybridized carbons (Fsp3) is 0.182. The van der Waals surface area contributed by atoms with Gasteiger partial charge in [0.1, 0.15) is 5.69 Å². The highest BCUT2D eigenvalue weighted by Gasteiger charge is 2.12. The van der Waals surface area contributed by atoms with Gasteiger partial charge in [-0.05, 0) is 49.2 Å². The van der Waals surface area contributed by atoms with E-state index < -0.39 is 5.91 Å². The number of hydrogen-bond acceptors (Lipinski definition) is 4. The predicted molar refractivity (Wildman–Crippen MR) is 112 cm³/mol. The molecule has 7 heteroatoms. The molecule has 3 aromatic rings. The topological polar surface area (TPSA) is 93.1 Å². The fourth-order valence-electron chi connectivity index (χ4n) is 2.78. The standard InChI is InChI=1S/C22H22N4O3/c1-15-6-5-8-17(14-15)23-22(29)19-10-11-21(28)26(25-19)13-12-20(27)24-18-9-4-3-7-16(18)2/h3-11,14H,12-13H2,1-2H3,(H,23,29)(H,24,27). The lowest BCUT2D eigenvalue weighted by atomic mass is 10.2. The molecule has 0 saturated heterocycles. The van der Waals surface area contributed by atoms with Crippen LogP contribution in [0.1, 0.15) is 28.0 Å². The molecular formula is C22H22N4O3. The van der Waals surface area contributed by atoms with Crippen molar-refractivity contribution >= 4 is 23.2 Å². The summed E-state index contributed by atoms with van der Waals surface area (Å²) in [7, 11) is 0. The average molecular weight is 390 g/mol. The second kappa shape index (κ2) is 8.97. The van der Waals surface area contributed by atoms with Crippen LogP contribution < -0.4 is 16.2 Å². The maximum atomic E-state index is 12.4. The Hall–Kier alpha value is -3.74. The summed E-state index contributed by atoms with van der Waals surface area (Å²) in [6.45, 7) is 3.90. The van der Waals surface area contributed by atoms with Gasteiger partial charge in [0.25, 0.3) is 11.5 Å². The number of carbonyl (C=O) groups excluding carboxylic acids is 2. The molecule has 2 N–H and O–H groups in total. The zero-order valence-electron chi connectivity index (χ0n) is 16.3. The third kappa shape index (κ3) is 5.38. The Balaban J connectivity index is 1.65. The number of rotatable bonds is 6. The molecule has 148 valence electrons. The summed E-state index contributed by atoms with van der Waals surface area (Å²) in [6, 6.07) is 17.5. The maximum Gasteiger partial charge on any atom is 0.276 e. The van der Waals surface area contributed by atoms with Crippen LogP contribution in [-0.4, -0.2) is 21.6 Å². The summed E-state index contributed by atoms with van der Waals surface area (Å²) in [5.41, 5.74) is 3.06. The molecular weight excluding hydrogens is 368 g/mol. The first-order valence-corrected chi connectivity index (χ1v) is 9.24. The molecule has 2 amide bonds. The molecule has 1 heterocycles. The van der Waals surface area contributed by atoms with E-state index in [2.05, 4.69) is 15.7 Å². The van der Waals surface area contributed by atoms with Crippen molar-refractivity contribution in [3.05, 3.63) is 87.8 Å². The van der Waals surface area contributed by atoms with Gasteiger partial charge in [0.2, 0.25) is 5.91 Å². The van der Waals surface area contributed by atoms with Crippen LogP contribution in [0.15, 0.2) is 65.5 Å². The Morgan fingerprint density at radius 1 is 0.966 bits per heavy atom. The van der Waals surface area contributed by atoms with E-state index in [1.807, 2.05) is 56.3 Å². The molecule has 0 saturated carbocycles. The minimum atomic E-state index is -0.422. The van der Waals surface area contributed by atoms with Gasteiger partial charge in [0, 0.05) is 23.9 Å². The lowest BCUT2D eigenvalue weighted by Crippen LogP contribution is -2.28. The third-order valence-corrected chi connectivity index (χ3v) is 4.35. The number of nitrogens with one attached hydrogen (secondary N) is 2. The van der Waals surface area contributed by atoms with Crippen molar-refractivity contribution in [3.8, 4) is 0 Å². The van der Waals surface area contributed by atoms with Crippen molar-refractivity contribution in [2.45, 2.75) is 26.8 Å². The van der Waals surface area contributed by atoms with Crippen molar-refractivity contribution < 1.29 is 9.59 Å². The quantitative estimate of drug-likeness (QED) is 0.676. The number of hydrogen-bond donors (Lipinski definition) is 2. The largest absolute Gasteiger partial charge is 0.326 e. The van der Waals surface area contributed by atoms with Crippen LogP contribution in [0, 0.1) is 13.8 Å². The summed E-state index contributed by atoms with van der Waals surface area (Å²) in [6.07, 6.45) is 0.0597. The Morgan fingerprint density at radius 2 is 1.76 bits per heavy atom. The van der Waals surface area contributed by atoms with E-state index in [1.54, 1.807) is 6.07 Å². The van der Waals surface area contributed by atoms with Gasteiger partial charge in [-0.2, -0.15) is 5.10 Å². The van der Waals surface area contributed by atoms with Crippen molar-refractivity contribution in [1.29, 1.82) is 0 Å². The molecule has 0 aliphatic carbocycles. The van der Waals surface area contributed by atoms with Crippen molar-refractivity contribution in [2.24, 2.45) is 0 Å². The SMILES string of the molecule is Cc1cccc(NC(=O)c2ccc(=O)n(CCC(=O)Nc3ccccc3C)n2)c1. The van der Waals surface area contributed by atoms with Gasteiger partial charge in [-0.3, -0.25) is 14.4 Å². The molecule has 0 spiro atoms. The van der Waals surface area contributed by atoms with Gasteiger partial charge in [-0.25, -0.2) is 4.68 Å². The Bertz CT molecular complexity index is 1100. The number of amides is 2. The molecule has 2 aromatic carbocycles. The minimum Gasteiger partial charge on any atom is -0.326 e. The summed E-state index contributed by atoms with van der Waals surface area (Å²) >= 11 is 0. The number of carbonyl (C=O) groups is 2. The van der Waals surface area contributed by atoms with Gasteiger partial charge in [-0.1, -0.05) is 30.3 Å². The van der Waals surface area contributed by atoms with Gasteiger partial charge < -0.3 is 10.6 Å². The summed E-state index contributed by atoms with van der Waals surface area (Å²) < 4.78 is 1.13. The van der Waals surface area contributed by atoms with Crippen LogP contribution in [0.25, 0.3) is 0 Å². The highest BCUT2D eigenvalue weighted by Crippen LogP contribution is 2.13. The van der Waals surface area contributed by atoms with Crippen LogP contribution in [0.4, 0.5) is 11.4 Å². The first-order valence-electron chi connectivity index (χ1n) is 9.24. The lowest BCUT2D eigenvalue weighted by Gasteiger charge is -2.10. The smallest absolute Gasteiger partial charge is 0.276 e. The molecule has 29 heavy (non-hydrogen) atoms. The monoisotopic (exact) mass is 390 g/mol. The van der Waals surface area contributed by atoms with Crippen LogP contribution >= 0.6 is 0 Å². The van der Waals surface area contributed by atoms with Gasteiger partial charge in [0.15, 0.2) is 0 Å².